The lowest BCUT2D eigenvalue weighted by molar-refractivity contribution is 0.0707. The maximum atomic E-state index is 13.7. The fraction of sp³-hybridized carbons (Fsp3) is 0.375. The molecule has 1 aromatic heterocycles. The summed E-state index contributed by atoms with van der Waals surface area (Å²) in [6, 6.07) is 7.52. The molecule has 5 nitrogen and oxygen atoms in total. The molecular weight excluding hydrogens is 287 g/mol. The van der Waals surface area contributed by atoms with Gasteiger partial charge in [-0.15, -0.1) is 0 Å². The standard InChI is InChI=1S/C16H17FN2O3/c1-10(14-7-4-8-21-14)18-16(20)13-9-15(22-19-13)11-5-2-3-6-12(11)17/h2-3,5-6,9-10,14H,4,7-8H2,1H3,(H,18,20)/t10-,14-/m0/s1. The number of benzene rings is 1. The van der Waals surface area contributed by atoms with Crippen molar-refractivity contribution in [3.8, 4) is 11.3 Å². The summed E-state index contributed by atoms with van der Waals surface area (Å²) in [6.07, 6.45) is 1.97. The van der Waals surface area contributed by atoms with E-state index >= 15 is 0 Å². The number of halogens is 1. The first-order valence-electron chi connectivity index (χ1n) is 7.29. The van der Waals surface area contributed by atoms with E-state index in [4.69, 9.17) is 9.26 Å². The van der Waals surface area contributed by atoms with Gasteiger partial charge in [0.25, 0.3) is 5.91 Å². The number of ether oxygens (including phenoxy) is 1. The average Bonchev–Trinajstić information content (AvgIpc) is 3.19. The van der Waals surface area contributed by atoms with Crippen molar-refractivity contribution in [2.24, 2.45) is 0 Å². The molecule has 1 amide bonds. The highest BCUT2D eigenvalue weighted by atomic mass is 19.1. The van der Waals surface area contributed by atoms with Crippen molar-refractivity contribution in [2.75, 3.05) is 6.61 Å². The van der Waals surface area contributed by atoms with Gasteiger partial charge in [-0.25, -0.2) is 4.39 Å². The van der Waals surface area contributed by atoms with E-state index in [1.54, 1.807) is 18.2 Å². The number of amides is 1. The minimum atomic E-state index is -0.418. The second-order valence-corrected chi connectivity index (χ2v) is 5.37. The minimum Gasteiger partial charge on any atom is -0.376 e. The Labute approximate surface area is 127 Å². The summed E-state index contributed by atoms with van der Waals surface area (Å²) in [5, 5.41) is 6.56. The van der Waals surface area contributed by atoms with Gasteiger partial charge in [0.2, 0.25) is 0 Å². The van der Waals surface area contributed by atoms with E-state index < -0.39 is 5.82 Å². The molecule has 0 saturated carbocycles. The Kier molecular flexibility index (Phi) is 4.20. The molecule has 1 aliphatic heterocycles. The van der Waals surface area contributed by atoms with E-state index in [0.717, 1.165) is 19.4 Å². The zero-order chi connectivity index (χ0) is 15.5. The molecule has 0 radical (unpaired) electrons. The summed E-state index contributed by atoms with van der Waals surface area (Å²) in [5.74, 6) is -0.541. The normalized spacial score (nSPS) is 19.1. The van der Waals surface area contributed by atoms with Crippen LogP contribution in [0.25, 0.3) is 11.3 Å². The molecule has 6 heteroatoms. The van der Waals surface area contributed by atoms with E-state index in [-0.39, 0.29) is 35.1 Å². The lowest BCUT2D eigenvalue weighted by Gasteiger charge is -2.19. The van der Waals surface area contributed by atoms with Crippen LogP contribution in [-0.4, -0.2) is 29.8 Å². The highest BCUT2D eigenvalue weighted by molar-refractivity contribution is 5.93. The second kappa shape index (κ2) is 6.27. The number of hydrogen-bond donors (Lipinski definition) is 1. The molecule has 116 valence electrons. The topological polar surface area (TPSA) is 64.4 Å². The van der Waals surface area contributed by atoms with E-state index in [9.17, 15) is 9.18 Å². The summed E-state index contributed by atoms with van der Waals surface area (Å²) in [6.45, 7) is 2.62. The summed E-state index contributed by atoms with van der Waals surface area (Å²) in [5.41, 5.74) is 0.407. The van der Waals surface area contributed by atoms with Crippen molar-refractivity contribution in [3.05, 3.63) is 41.8 Å². The minimum absolute atomic E-state index is 0.0295. The number of carbonyl (C=O) groups excluding carboxylic acids is 1. The maximum Gasteiger partial charge on any atom is 0.273 e. The number of carbonyl (C=O) groups is 1. The average molecular weight is 304 g/mol. The third-order valence-electron chi connectivity index (χ3n) is 3.76. The largest absolute Gasteiger partial charge is 0.376 e. The molecule has 0 aliphatic carbocycles. The number of nitrogens with zero attached hydrogens (tertiary/aromatic N) is 1. The van der Waals surface area contributed by atoms with E-state index in [1.165, 1.54) is 12.1 Å². The fourth-order valence-corrected chi connectivity index (χ4v) is 2.54. The van der Waals surface area contributed by atoms with Gasteiger partial charge in [-0.2, -0.15) is 0 Å². The summed E-state index contributed by atoms with van der Waals surface area (Å²) in [7, 11) is 0. The molecule has 0 spiro atoms. The van der Waals surface area contributed by atoms with Gasteiger partial charge in [0.1, 0.15) is 5.82 Å². The smallest absolute Gasteiger partial charge is 0.273 e. The highest BCUT2D eigenvalue weighted by Crippen LogP contribution is 2.23. The van der Waals surface area contributed by atoms with Gasteiger partial charge in [0, 0.05) is 12.7 Å². The van der Waals surface area contributed by atoms with Gasteiger partial charge in [0.05, 0.1) is 17.7 Å². The third kappa shape index (κ3) is 3.01. The van der Waals surface area contributed by atoms with Crippen LogP contribution in [0.3, 0.4) is 0 Å². The van der Waals surface area contributed by atoms with Gasteiger partial charge in [0.15, 0.2) is 11.5 Å². The van der Waals surface area contributed by atoms with Crippen LogP contribution in [0.15, 0.2) is 34.9 Å². The third-order valence-corrected chi connectivity index (χ3v) is 3.76. The molecule has 2 atom stereocenters. The van der Waals surface area contributed by atoms with Crippen molar-refractivity contribution in [1.29, 1.82) is 0 Å². The molecule has 0 unspecified atom stereocenters. The Morgan fingerprint density at radius 2 is 2.27 bits per heavy atom. The highest BCUT2D eigenvalue weighted by Gasteiger charge is 2.25. The lowest BCUT2D eigenvalue weighted by Crippen LogP contribution is -2.40. The first-order chi connectivity index (χ1) is 10.6. The van der Waals surface area contributed by atoms with Crippen LogP contribution >= 0.6 is 0 Å². The van der Waals surface area contributed by atoms with Gasteiger partial charge >= 0.3 is 0 Å². The van der Waals surface area contributed by atoms with Crippen molar-refractivity contribution in [3.63, 3.8) is 0 Å². The molecule has 0 bridgehead atoms. The van der Waals surface area contributed by atoms with Crippen LogP contribution in [0.1, 0.15) is 30.3 Å². The van der Waals surface area contributed by atoms with Gasteiger partial charge in [-0.3, -0.25) is 4.79 Å². The summed E-state index contributed by atoms with van der Waals surface area (Å²) < 4.78 is 24.3. The van der Waals surface area contributed by atoms with Crippen LogP contribution < -0.4 is 5.32 Å². The van der Waals surface area contributed by atoms with Crippen molar-refractivity contribution < 1.29 is 18.4 Å². The molecule has 1 saturated heterocycles. The monoisotopic (exact) mass is 304 g/mol. The Hall–Kier alpha value is -2.21. The Morgan fingerprint density at radius 1 is 1.45 bits per heavy atom. The summed E-state index contributed by atoms with van der Waals surface area (Å²) >= 11 is 0. The molecule has 2 aromatic rings. The molecule has 1 aromatic carbocycles. The Balaban J connectivity index is 1.70. The predicted octanol–water partition coefficient (Wildman–Crippen LogP) is 2.78. The number of nitrogens with one attached hydrogen (secondary N) is 1. The van der Waals surface area contributed by atoms with Crippen LogP contribution in [0, 0.1) is 5.82 Å². The van der Waals surface area contributed by atoms with Crippen LogP contribution in [0.5, 0.6) is 0 Å². The molecule has 3 rings (SSSR count). The fourth-order valence-electron chi connectivity index (χ4n) is 2.54. The van der Waals surface area contributed by atoms with Crippen molar-refractivity contribution >= 4 is 5.91 Å². The zero-order valence-electron chi connectivity index (χ0n) is 12.2. The van der Waals surface area contributed by atoms with Gasteiger partial charge in [-0.05, 0) is 31.9 Å². The predicted molar refractivity (Wildman–Crippen MR) is 77.8 cm³/mol. The Morgan fingerprint density at radius 3 is 3.00 bits per heavy atom. The Bertz CT molecular complexity index is 665. The number of rotatable bonds is 4. The van der Waals surface area contributed by atoms with Crippen molar-refractivity contribution in [1.82, 2.24) is 10.5 Å². The molecule has 22 heavy (non-hydrogen) atoms. The molecule has 1 N–H and O–H groups in total. The van der Waals surface area contributed by atoms with Gasteiger partial charge < -0.3 is 14.6 Å². The maximum absolute atomic E-state index is 13.7. The van der Waals surface area contributed by atoms with E-state index in [0.29, 0.717) is 0 Å². The van der Waals surface area contributed by atoms with Crippen LogP contribution in [0.4, 0.5) is 4.39 Å². The quantitative estimate of drug-likeness (QED) is 0.943. The summed E-state index contributed by atoms with van der Waals surface area (Å²) in [4.78, 5) is 12.2. The number of aromatic nitrogens is 1. The molecular formula is C16H17FN2O3. The first-order valence-corrected chi connectivity index (χ1v) is 7.29. The molecule has 1 fully saturated rings. The SMILES string of the molecule is C[C@H](NC(=O)c1cc(-c2ccccc2F)on1)[C@@H]1CCCO1. The molecule has 2 heterocycles. The van der Waals surface area contributed by atoms with E-state index in [1.807, 2.05) is 6.92 Å². The first kappa shape index (κ1) is 14.7. The lowest BCUT2D eigenvalue weighted by atomic mass is 10.1. The molecule has 1 aliphatic rings. The second-order valence-electron chi connectivity index (χ2n) is 5.37. The number of hydrogen-bond acceptors (Lipinski definition) is 4. The van der Waals surface area contributed by atoms with Crippen LogP contribution in [0.2, 0.25) is 0 Å². The van der Waals surface area contributed by atoms with E-state index in [2.05, 4.69) is 10.5 Å². The van der Waals surface area contributed by atoms with Gasteiger partial charge in [-0.1, -0.05) is 17.3 Å². The van der Waals surface area contributed by atoms with Crippen LogP contribution in [-0.2, 0) is 4.74 Å². The van der Waals surface area contributed by atoms with Crippen molar-refractivity contribution in [2.45, 2.75) is 31.9 Å². The zero-order valence-corrected chi connectivity index (χ0v) is 12.2.